The number of hydrogen-bond donors (Lipinski definition) is 1. The molecule has 1 heterocycles. The molecule has 3 aromatic rings. The van der Waals surface area contributed by atoms with E-state index in [0.29, 0.717) is 16.8 Å². The lowest BCUT2D eigenvalue weighted by Crippen LogP contribution is -2.29. The molecule has 3 aromatic carbocycles. The Morgan fingerprint density at radius 3 is 2.14 bits per heavy atom. The zero-order chi connectivity index (χ0) is 25.3. The molecule has 0 spiro atoms. The zero-order valence-electron chi connectivity index (χ0n) is 20.4. The number of aliphatic hydroxyl groups is 1. The highest BCUT2D eigenvalue weighted by Crippen LogP contribution is 2.42. The summed E-state index contributed by atoms with van der Waals surface area (Å²) in [4.78, 5) is 30.2. The summed E-state index contributed by atoms with van der Waals surface area (Å²) >= 11 is 0. The number of ketones is 1. The molecule has 1 N–H and O–H groups in total. The standard InChI is InChI=1S/C29H29FN2O3/c1-5-31(6-2)22-14-9-20(10-15-22)26-25(27(33)21-11-16-24(30)19(4)17-21)28(34)29(35)32(26)23-12-7-18(3)8-13-23/h7-17,26,33H,5-6H2,1-4H3/b27-25-. The molecule has 0 bridgehead atoms. The lowest BCUT2D eigenvalue weighted by atomic mass is 9.94. The highest BCUT2D eigenvalue weighted by atomic mass is 19.1. The average molecular weight is 473 g/mol. The minimum Gasteiger partial charge on any atom is -0.507 e. The fourth-order valence-electron chi connectivity index (χ4n) is 4.52. The van der Waals surface area contributed by atoms with Crippen molar-refractivity contribution in [2.75, 3.05) is 22.9 Å². The van der Waals surface area contributed by atoms with Crippen molar-refractivity contribution in [2.24, 2.45) is 0 Å². The lowest BCUT2D eigenvalue weighted by molar-refractivity contribution is -0.132. The number of carbonyl (C=O) groups is 2. The summed E-state index contributed by atoms with van der Waals surface area (Å²) in [5.41, 5.74) is 3.91. The molecule has 0 radical (unpaired) electrons. The summed E-state index contributed by atoms with van der Waals surface area (Å²) in [6.07, 6.45) is 0. The Bertz CT molecular complexity index is 1290. The summed E-state index contributed by atoms with van der Waals surface area (Å²) in [7, 11) is 0. The molecule has 0 aliphatic carbocycles. The van der Waals surface area contributed by atoms with Crippen molar-refractivity contribution in [3.8, 4) is 0 Å². The second kappa shape index (κ2) is 9.74. The van der Waals surface area contributed by atoms with Gasteiger partial charge in [0.15, 0.2) is 0 Å². The van der Waals surface area contributed by atoms with E-state index >= 15 is 0 Å². The van der Waals surface area contributed by atoms with Gasteiger partial charge >= 0.3 is 0 Å². The van der Waals surface area contributed by atoms with Crippen LogP contribution in [-0.2, 0) is 9.59 Å². The van der Waals surface area contributed by atoms with Crippen LogP contribution >= 0.6 is 0 Å². The minimum atomic E-state index is -0.825. The van der Waals surface area contributed by atoms with E-state index < -0.39 is 23.5 Å². The Morgan fingerprint density at radius 1 is 0.943 bits per heavy atom. The largest absolute Gasteiger partial charge is 0.507 e. The van der Waals surface area contributed by atoms with Crippen LogP contribution in [0.25, 0.3) is 5.76 Å². The van der Waals surface area contributed by atoms with Crippen LogP contribution in [0.4, 0.5) is 15.8 Å². The summed E-state index contributed by atoms with van der Waals surface area (Å²) in [6.45, 7) is 9.38. The van der Waals surface area contributed by atoms with Gasteiger partial charge < -0.3 is 10.0 Å². The van der Waals surface area contributed by atoms with Crippen LogP contribution in [0.1, 0.15) is 42.1 Å². The van der Waals surface area contributed by atoms with E-state index in [-0.39, 0.29) is 16.9 Å². The van der Waals surface area contributed by atoms with Crippen LogP contribution in [0.2, 0.25) is 0 Å². The second-order valence-electron chi connectivity index (χ2n) is 8.73. The number of rotatable bonds is 6. The Labute approximate surface area is 205 Å². The van der Waals surface area contributed by atoms with Crippen LogP contribution in [0.15, 0.2) is 72.3 Å². The summed E-state index contributed by atoms with van der Waals surface area (Å²) in [6, 6.07) is 18.3. The minimum absolute atomic E-state index is 0.0165. The Morgan fingerprint density at radius 2 is 1.57 bits per heavy atom. The molecule has 1 amide bonds. The molecule has 6 heteroatoms. The topological polar surface area (TPSA) is 60.9 Å². The molecule has 180 valence electrons. The van der Waals surface area contributed by atoms with Gasteiger partial charge in [-0.05, 0) is 81.3 Å². The number of anilines is 2. The van der Waals surface area contributed by atoms with Gasteiger partial charge in [-0.1, -0.05) is 29.8 Å². The third kappa shape index (κ3) is 4.44. The molecule has 35 heavy (non-hydrogen) atoms. The summed E-state index contributed by atoms with van der Waals surface area (Å²) in [5.74, 6) is -2.22. The van der Waals surface area contributed by atoms with Gasteiger partial charge in [-0.15, -0.1) is 0 Å². The van der Waals surface area contributed by atoms with Gasteiger partial charge in [-0.25, -0.2) is 4.39 Å². The van der Waals surface area contributed by atoms with Crippen molar-refractivity contribution in [1.82, 2.24) is 0 Å². The first-order valence-corrected chi connectivity index (χ1v) is 11.8. The van der Waals surface area contributed by atoms with Crippen molar-refractivity contribution < 1.29 is 19.1 Å². The summed E-state index contributed by atoms with van der Waals surface area (Å²) < 4.78 is 13.9. The van der Waals surface area contributed by atoms with Crippen molar-refractivity contribution in [1.29, 1.82) is 0 Å². The molecule has 4 rings (SSSR count). The third-order valence-corrected chi connectivity index (χ3v) is 6.53. The number of Topliss-reactive ketones (excluding diaryl/α,β-unsaturated/α-hetero) is 1. The number of aryl methyl sites for hydroxylation is 2. The highest BCUT2D eigenvalue weighted by molar-refractivity contribution is 6.51. The van der Waals surface area contributed by atoms with Gasteiger partial charge in [-0.3, -0.25) is 14.5 Å². The van der Waals surface area contributed by atoms with Gasteiger partial charge in [0.1, 0.15) is 11.6 Å². The van der Waals surface area contributed by atoms with Crippen molar-refractivity contribution in [2.45, 2.75) is 33.7 Å². The monoisotopic (exact) mass is 472 g/mol. The first kappa shape index (κ1) is 24.2. The number of amides is 1. The molecule has 1 aliphatic rings. The first-order valence-electron chi connectivity index (χ1n) is 11.8. The number of nitrogens with zero attached hydrogens (tertiary/aromatic N) is 2. The fourth-order valence-corrected chi connectivity index (χ4v) is 4.52. The first-order chi connectivity index (χ1) is 16.8. The van der Waals surface area contributed by atoms with E-state index in [1.807, 2.05) is 43.3 Å². The van der Waals surface area contributed by atoms with E-state index in [4.69, 9.17) is 0 Å². The Hall–Kier alpha value is -3.93. The van der Waals surface area contributed by atoms with Crippen molar-refractivity contribution in [3.05, 3.63) is 100 Å². The maximum absolute atomic E-state index is 13.9. The maximum Gasteiger partial charge on any atom is 0.300 e. The van der Waals surface area contributed by atoms with E-state index in [2.05, 4.69) is 18.7 Å². The number of halogens is 1. The molecule has 1 unspecified atom stereocenters. The van der Waals surface area contributed by atoms with Crippen LogP contribution in [0.5, 0.6) is 0 Å². The average Bonchev–Trinajstić information content (AvgIpc) is 3.12. The van der Waals surface area contributed by atoms with Crippen molar-refractivity contribution >= 4 is 28.8 Å². The molecular formula is C29H29FN2O3. The molecule has 1 saturated heterocycles. The lowest BCUT2D eigenvalue weighted by Gasteiger charge is -2.27. The van der Waals surface area contributed by atoms with E-state index in [9.17, 15) is 19.1 Å². The fraction of sp³-hybridized carbons (Fsp3) is 0.241. The predicted octanol–water partition coefficient (Wildman–Crippen LogP) is 5.92. The molecule has 1 fully saturated rings. The van der Waals surface area contributed by atoms with Crippen LogP contribution in [0, 0.1) is 19.7 Å². The molecule has 1 aliphatic heterocycles. The van der Waals surface area contributed by atoms with E-state index in [0.717, 1.165) is 24.3 Å². The number of carbonyl (C=O) groups excluding carboxylic acids is 2. The van der Waals surface area contributed by atoms with Crippen LogP contribution in [0.3, 0.4) is 0 Å². The van der Waals surface area contributed by atoms with Gasteiger partial charge in [0, 0.05) is 30.0 Å². The van der Waals surface area contributed by atoms with E-state index in [1.54, 1.807) is 19.1 Å². The van der Waals surface area contributed by atoms with Gasteiger partial charge in [0.05, 0.1) is 11.6 Å². The molecule has 0 aromatic heterocycles. The van der Waals surface area contributed by atoms with Gasteiger partial charge in [0.25, 0.3) is 11.7 Å². The van der Waals surface area contributed by atoms with Gasteiger partial charge in [-0.2, -0.15) is 0 Å². The highest BCUT2D eigenvalue weighted by Gasteiger charge is 2.47. The molecule has 5 nitrogen and oxygen atoms in total. The molecular weight excluding hydrogens is 443 g/mol. The number of aliphatic hydroxyl groups excluding tert-OH is 1. The SMILES string of the molecule is CCN(CC)c1ccc(C2/C(=C(/O)c3ccc(F)c(C)c3)C(=O)C(=O)N2c2ccc(C)cc2)cc1. The third-order valence-electron chi connectivity index (χ3n) is 6.53. The smallest absolute Gasteiger partial charge is 0.300 e. The van der Waals surface area contributed by atoms with Crippen LogP contribution in [-0.4, -0.2) is 29.9 Å². The quantitative estimate of drug-likeness (QED) is 0.275. The van der Waals surface area contributed by atoms with Crippen molar-refractivity contribution in [3.63, 3.8) is 0 Å². The van der Waals surface area contributed by atoms with Gasteiger partial charge in [0.2, 0.25) is 0 Å². The van der Waals surface area contributed by atoms with Crippen LogP contribution < -0.4 is 9.80 Å². The Kier molecular flexibility index (Phi) is 6.74. The van der Waals surface area contributed by atoms with E-state index in [1.165, 1.54) is 23.1 Å². The number of hydrogen-bond acceptors (Lipinski definition) is 4. The predicted molar refractivity (Wildman–Crippen MR) is 137 cm³/mol. The Balaban J connectivity index is 1.90. The molecule has 0 saturated carbocycles. The zero-order valence-corrected chi connectivity index (χ0v) is 20.4. The number of benzene rings is 3. The normalized spacial score (nSPS) is 17.2. The summed E-state index contributed by atoms with van der Waals surface area (Å²) in [5, 5.41) is 11.2. The second-order valence-corrected chi connectivity index (χ2v) is 8.73. The maximum atomic E-state index is 13.9. The molecule has 1 atom stereocenters.